The standard InChI is InChI=1S/C23H22O5/c1-23(2,3)16-6-8-17(9-7-16)28-21(24)12-5-15-14-27-20-13-18(26-4)10-11-19(20)22(15)25/h5-14H,1-4H3/b12-5+. The Kier molecular flexibility index (Phi) is 5.36. The maximum atomic E-state index is 12.5. The number of rotatable bonds is 4. The number of methoxy groups -OCH3 is 1. The quantitative estimate of drug-likeness (QED) is 0.373. The largest absolute Gasteiger partial charge is 0.497 e. The van der Waals surface area contributed by atoms with Crippen molar-refractivity contribution in [3.8, 4) is 11.5 Å². The maximum absolute atomic E-state index is 12.5. The first-order valence-corrected chi connectivity index (χ1v) is 8.88. The van der Waals surface area contributed by atoms with Gasteiger partial charge >= 0.3 is 5.97 Å². The van der Waals surface area contributed by atoms with Crippen molar-refractivity contribution in [3.05, 3.63) is 76.2 Å². The summed E-state index contributed by atoms with van der Waals surface area (Å²) in [5.74, 6) is 0.470. The highest BCUT2D eigenvalue weighted by atomic mass is 16.5. The summed E-state index contributed by atoms with van der Waals surface area (Å²) < 4.78 is 15.9. The van der Waals surface area contributed by atoms with Crippen LogP contribution in [0.5, 0.6) is 11.5 Å². The van der Waals surface area contributed by atoms with Crippen molar-refractivity contribution in [2.24, 2.45) is 0 Å². The van der Waals surface area contributed by atoms with Gasteiger partial charge in [0.1, 0.15) is 23.3 Å². The van der Waals surface area contributed by atoms with Gasteiger partial charge in [0.05, 0.1) is 18.1 Å². The number of carbonyl (C=O) groups excluding carboxylic acids is 1. The van der Waals surface area contributed by atoms with Crippen LogP contribution in [-0.2, 0) is 10.2 Å². The van der Waals surface area contributed by atoms with Crippen LogP contribution >= 0.6 is 0 Å². The first kappa shape index (κ1) is 19.4. The van der Waals surface area contributed by atoms with Crippen LogP contribution in [0.1, 0.15) is 31.9 Å². The van der Waals surface area contributed by atoms with Crippen LogP contribution in [0.4, 0.5) is 0 Å². The number of esters is 1. The number of carbonyl (C=O) groups is 1. The fourth-order valence-corrected chi connectivity index (χ4v) is 2.70. The van der Waals surface area contributed by atoms with Gasteiger partial charge in [-0.25, -0.2) is 4.79 Å². The molecule has 1 aromatic heterocycles. The fraction of sp³-hybridized carbons (Fsp3) is 0.217. The molecule has 0 amide bonds. The van der Waals surface area contributed by atoms with Gasteiger partial charge in [0.2, 0.25) is 0 Å². The number of hydrogen-bond donors (Lipinski definition) is 0. The van der Waals surface area contributed by atoms with E-state index in [2.05, 4.69) is 20.8 Å². The number of ether oxygens (including phenoxy) is 2. The van der Waals surface area contributed by atoms with Gasteiger partial charge in [0, 0.05) is 12.1 Å². The molecule has 0 saturated carbocycles. The minimum atomic E-state index is -0.572. The van der Waals surface area contributed by atoms with Gasteiger partial charge in [-0.3, -0.25) is 4.79 Å². The summed E-state index contributed by atoms with van der Waals surface area (Å²) in [6.45, 7) is 6.34. The third kappa shape index (κ3) is 4.31. The lowest BCUT2D eigenvalue weighted by atomic mass is 9.87. The van der Waals surface area contributed by atoms with Crippen molar-refractivity contribution in [1.29, 1.82) is 0 Å². The van der Waals surface area contributed by atoms with Gasteiger partial charge in [-0.15, -0.1) is 0 Å². The van der Waals surface area contributed by atoms with Crippen LogP contribution in [0.15, 0.2) is 64.0 Å². The fourth-order valence-electron chi connectivity index (χ4n) is 2.70. The molecule has 2 aromatic carbocycles. The van der Waals surface area contributed by atoms with Gasteiger partial charge in [-0.05, 0) is 41.3 Å². The van der Waals surface area contributed by atoms with Crippen LogP contribution < -0.4 is 14.9 Å². The van der Waals surface area contributed by atoms with Gasteiger partial charge in [-0.1, -0.05) is 32.9 Å². The molecular weight excluding hydrogens is 356 g/mol. The van der Waals surface area contributed by atoms with Gasteiger partial charge < -0.3 is 13.9 Å². The third-order valence-electron chi connectivity index (χ3n) is 4.35. The summed E-state index contributed by atoms with van der Waals surface area (Å²) in [5, 5.41) is 0.411. The highest BCUT2D eigenvalue weighted by Crippen LogP contribution is 2.24. The molecule has 0 spiro atoms. The molecule has 5 heteroatoms. The Labute approximate surface area is 163 Å². The zero-order valence-corrected chi connectivity index (χ0v) is 16.3. The van der Waals surface area contributed by atoms with Gasteiger partial charge in [0.15, 0.2) is 5.43 Å². The molecule has 0 aliphatic rings. The van der Waals surface area contributed by atoms with Crippen molar-refractivity contribution in [1.82, 2.24) is 0 Å². The molecule has 0 bridgehead atoms. The van der Waals surface area contributed by atoms with Crippen LogP contribution in [0, 0.1) is 0 Å². The predicted molar refractivity (Wildman–Crippen MR) is 109 cm³/mol. The van der Waals surface area contributed by atoms with E-state index in [1.54, 1.807) is 37.4 Å². The summed E-state index contributed by atoms with van der Waals surface area (Å²) in [5.41, 5.74) is 1.62. The summed E-state index contributed by atoms with van der Waals surface area (Å²) in [4.78, 5) is 24.6. The van der Waals surface area contributed by atoms with Crippen LogP contribution in [-0.4, -0.2) is 13.1 Å². The Bertz CT molecular complexity index is 1080. The highest BCUT2D eigenvalue weighted by molar-refractivity contribution is 5.89. The zero-order chi connectivity index (χ0) is 20.3. The Morgan fingerprint density at radius 3 is 2.36 bits per heavy atom. The van der Waals surface area contributed by atoms with Crippen molar-refractivity contribution < 1.29 is 18.7 Å². The molecule has 0 aliphatic carbocycles. The normalized spacial score (nSPS) is 11.7. The molecule has 0 atom stereocenters. The Morgan fingerprint density at radius 2 is 1.71 bits per heavy atom. The van der Waals surface area contributed by atoms with E-state index in [-0.39, 0.29) is 16.4 Å². The van der Waals surface area contributed by atoms with E-state index in [1.165, 1.54) is 18.4 Å². The molecule has 5 nitrogen and oxygen atoms in total. The van der Waals surface area contributed by atoms with Crippen molar-refractivity contribution in [3.63, 3.8) is 0 Å². The summed E-state index contributed by atoms with van der Waals surface area (Å²) >= 11 is 0. The Balaban J connectivity index is 1.75. The average Bonchev–Trinajstić information content (AvgIpc) is 2.67. The Morgan fingerprint density at radius 1 is 1.04 bits per heavy atom. The lowest BCUT2D eigenvalue weighted by molar-refractivity contribution is -0.128. The number of benzene rings is 2. The molecule has 28 heavy (non-hydrogen) atoms. The van der Waals surface area contributed by atoms with Crippen molar-refractivity contribution in [2.75, 3.05) is 7.11 Å². The molecule has 0 fully saturated rings. The highest BCUT2D eigenvalue weighted by Gasteiger charge is 2.13. The minimum absolute atomic E-state index is 0.0244. The van der Waals surface area contributed by atoms with Crippen LogP contribution in [0.3, 0.4) is 0 Å². The summed E-state index contributed by atoms with van der Waals surface area (Å²) in [6, 6.07) is 12.3. The van der Waals surface area contributed by atoms with E-state index < -0.39 is 5.97 Å². The average molecular weight is 378 g/mol. The van der Waals surface area contributed by atoms with E-state index in [9.17, 15) is 9.59 Å². The molecule has 0 unspecified atom stereocenters. The summed E-state index contributed by atoms with van der Waals surface area (Å²) in [7, 11) is 1.54. The SMILES string of the molecule is COc1ccc2c(=O)c(/C=C/C(=O)Oc3ccc(C(C)(C)C)cc3)coc2c1. The predicted octanol–water partition coefficient (Wildman–Crippen LogP) is 4.72. The zero-order valence-electron chi connectivity index (χ0n) is 16.3. The van der Waals surface area contributed by atoms with E-state index in [0.717, 1.165) is 5.56 Å². The second-order valence-electron chi connectivity index (χ2n) is 7.41. The first-order chi connectivity index (χ1) is 13.3. The second kappa shape index (κ2) is 7.72. The lowest BCUT2D eigenvalue weighted by Crippen LogP contribution is -2.11. The van der Waals surface area contributed by atoms with Crippen molar-refractivity contribution in [2.45, 2.75) is 26.2 Å². The molecule has 3 rings (SSSR count). The second-order valence-corrected chi connectivity index (χ2v) is 7.41. The van der Waals surface area contributed by atoms with Gasteiger partial charge in [0.25, 0.3) is 0 Å². The summed E-state index contributed by atoms with van der Waals surface area (Å²) in [6.07, 6.45) is 3.91. The van der Waals surface area contributed by atoms with E-state index in [4.69, 9.17) is 13.9 Å². The molecule has 0 radical (unpaired) electrons. The van der Waals surface area contributed by atoms with E-state index in [0.29, 0.717) is 22.5 Å². The lowest BCUT2D eigenvalue weighted by Gasteiger charge is -2.18. The molecule has 0 saturated heterocycles. The maximum Gasteiger partial charge on any atom is 0.336 e. The van der Waals surface area contributed by atoms with E-state index in [1.807, 2.05) is 12.1 Å². The molecular formula is C23H22O5. The van der Waals surface area contributed by atoms with E-state index >= 15 is 0 Å². The smallest absolute Gasteiger partial charge is 0.336 e. The Hall–Kier alpha value is -3.34. The number of hydrogen-bond acceptors (Lipinski definition) is 5. The number of fused-ring (bicyclic) bond motifs is 1. The minimum Gasteiger partial charge on any atom is -0.497 e. The molecule has 144 valence electrons. The molecule has 0 N–H and O–H groups in total. The first-order valence-electron chi connectivity index (χ1n) is 8.88. The van der Waals surface area contributed by atoms with Crippen LogP contribution in [0.2, 0.25) is 0 Å². The van der Waals surface area contributed by atoms with Crippen LogP contribution in [0.25, 0.3) is 17.0 Å². The topological polar surface area (TPSA) is 65.7 Å². The monoisotopic (exact) mass is 378 g/mol. The van der Waals surface area contributed by atoms with Gasteiger partial charge in [-0.2, -0.15) is 0 Å². The molecule has 1 heterocycles. The third-order valence-corrected chi connectivity index (χ3v) is 4.35. The van der Waals surface area contributed by atoms with Crippen molar-refractivity contribution >= 4 is 23.0 Å². The molecule has 0 aliphatic heterocycles. The molecule has 3 aromatic rings.